The van der Waals surface area contributed by atoms with Gasteiger partial charge in [-0.3, -0.25) is 5.01 Å². The fraction of sp³-hybridized carbons (Fsp3) is 0.308. The van der Waals surface area contributed by atoms with Gasteiger partial charge in [0.25, 0.3) is 0 Å². The molecule has 0 aromatic heterocycles. The van der Waals surface area contributed by atoms with Gasteiger partial charge in [-0.05, 0) is 25.0 Å². The Morgan fingerprint density at radius 2 is 2.07 bits per heavy atom. The molecule has 0 saturated carbocycles. The predicted octanol–water partition coefficient (Wildman–Crippen LogP) is 2.83. The highest BCUT2D eigenvalue weighted by Gasteiger charge is 2.31. The summed E-state index contributed by atoms with van der Waals surface area (Å²) < 4.78 is 0. The van der Waals surface area contributed by atoms with Crippen molar-refractivity contribution < 1.29 is 0 Å². The Bertz CT molecular complexity index is 394. The van der Waals surface area contributed by atoms with Gasteiger partial charge in [0, 0.05) is 12.1 Å². The maximum absolute atomic E-state index is 4.51. The minimum absolute atomic E-state index is 0.513. The summed E-state index contributed by atoms with van der Waals surface area (Å²) in [5.41, 5.74) is 1.21. The summed E-state index contributed by atoms with van der Waals surface area (Å²) in [6.07, 6.45) is 8.99. The molecule has 1 aliphatic heterocycles. The van der Waals surface area contributed by atoms with Gasteiger partial charge in [-0.15, -0.1) is 0 Å². The third kappa shape index (κ3) is 1.46. The van der Waals surface area contributed by atoms with Crippen molar-refractivity contribution in [2.75, 3.05) is 5.01 Å². The molecule has 0 spiro atoms. The highest BCUT2D eigenvalue weighted by Crippen LogP contribution is 2.31. The van der Waals surface area contributed by atoms with E-state index in [0.717, 1.165) is 0 Å². The van der Waals surface area contributed by atoms with Crippen LogP contribution in [0.15, 0.2) is 47.6 Å². The predicted molar refractivity (Wildman–Crippen MR) is 63.1 cm³/mol. The normalized spacial score (nSPS) is 28.1. The van der Waals surface area contributed by atoms with Gasteiger partial charge in [0.15, 0.2) is 0 Å². The van der Waals surface area contributed by atoms with E-state index in [1.54, 1.807) is 0 Å². The van der Waals surface area contributed by atoms with Crippen molar-refractivity contribution in [2.45, 2.75) is 18.9 Å². The molecule has 2 nitrogen and oxygen atoms in total. The van der Waals surface area contributed by atoms with Crippen LogP contribution in [-0.2, 0) is 0 Å². The van der Waals surface area contributed by atoms with E-state index in [9.17, 15) is 0 Å². The first-order valence-electron chi connectivity index (χ1n) is 5.50. The number of anilines is 1. The van der Waals surface area contributed by atoms with Crippen LogP contribution in [-0.4, -0.2) is 12.3 Å². The Kier molecular flexibility index (Phi) is 2.05. The van der Waals surface area contributed by atoms with Crippen LogP contribution < -0.4 is 5.01 Å². The van der Waals surface area contributed by atoms with E-state index in [1.165, 1.54) is 18.5 Å². The molecule has 1 aromatic carbocycles. The molecule has 0 radical (unpaired) electrons. The molecule has 0 N–H and O–H groups in total. The van der Waals surface area contributed by atoms with Crippen LogP contribution in [0.1, 0.15) is 12.8 Å². The van der Waals surface area contributed by atoms with Gasteiger partial charge in [0.2, 0.25) is 0 Å². The molecule has 1 aliphatic carbocycles. The highest BCUT2D eigenvalue weighted by molar-refractivity contribution is 5.72. The summed E-state index contributed by atoms with van der Waals surface area (Å²) in [7, 11) is 0. The molecule has 0 bridgehead atoms. The second-order valence-corrected chi connectivity index (χ2v) is 4.09. The Morgan fingerprint density at radius 1 is 1.20 bits per heavy atom. The molecule has 1 heterocycles. The SMILES string of the molecule is C1=C[C@H]2C=NN(c3ccccc3)[C@H]2CC1. The zero-order valence-electron chi connectivity index (χ0n) is 8.58. The lowest BCUT2D eigenvalue weighted by atomic mass is 9.91. The van der Waals surface area contributed by atoms with E-state index >= 15 is 0 Å². The van der Waals surface area contributed by atoms with Gasteiger partial charge >= 0.3 is 0 Å². The van der Waals surface area contributed by atoms with Crippen LogP contribution in [0.25, 0.3) is 0 Å². The zero-order chi connectivity index (χ0) is 10.1. The summed E-state index contributed by atoms with van der Waals surface area (Å²) in [4.78, 5) is 0. The van der Waals surface area contributed by atoms with Crippen molar-refractivity contribution in [1.29, 1.82) is 0 Å². The number of nitrogens with zero attached hydrogens (tertiary/aromatic N) is 2. The molecule has 2 aliphatic rings. The summed E-state index contributed by atoms with van der Waals surface area (Å²) in [5, 5.41) is 6.67. The summed E-state index contributed by atoms with van der Waals surface area (Å²) >= 11 is 0. The van der Waals surface area contributed by atoms with Crippen molar-refractivity contribution in [3.63, 3.8) is 0 Å². The third-order valence-corrected chi connectivity index (χ3v) is 3.13. The molecule has 0 saturated heterocycles. The van der Waals surface area contributed by atoms with Gasteiger partial charge in [-0.25, -0.2) is 0 Å². The lowest BCUT2D eigenvalue weighted by Gasteiger charge is -2.28. The van der Waals surface area contributed by atoms with Crippen molar-refractivity contribution in [3.05, 3.63) is 42.5 Å². The van der Waals surface area contributed by atoms with Crippen LogP contribution >= 0.6 is 0 Å². The van der Waals surface area contributed by atoms with E-state index in [4.69, 9.17) is 0 Å². The van der Waals surface area contributed by atoms with Crippen LogP contribution in [0.4, 0.5) is 5.69 Å². The quantitative estimate of drug-likeness (QED) is 0.633. The van der Waals surface area contributed by atoms with Crippen molar-refractivity contribution in [1.82, 2.24) is 0 Å². The summed E-state index contributed by atoms with van der Waals surface area (Å²) in [6, 6.07) is 11.0. The monoisotopic (exact) mass is 198 g/mol. The Balaban J connectivity index is 1.90. The average molecular weight is 198 g/mol. The largest absolute Gasteiger partial charge is 0.262 e. The third-order valence-electron chi connectivity index (χ3n) is 3.13. The molecule has 2 atom stereocenters. The minimum Gasteiger partial charge on any atom is -0.262 e. The topological polar surface area (TPSA) is 15.6 Å². The van der Waals surface area contributed by atoms with Gasteiger partial charge in [0.05, 0.1) is 11.7 Å². The molecule has 0 fully saturated rings. The molecule has 2 heteroatoms. The van der Waals surface area contributed by atoms with Crippen LogP contribution in [0.2, 0.25) is 0 Å². The summed E-state index contributed by atoms with van der Waals surface area (Å²) in [6.45, 7) is 0. The van der Waals surface area contributed by atoms with Gasteiger partial charge < -0.3 is 0 Å². The number of benzene rings is 1. The molecular formula is C13H14N2. The lowest BCUT2D eigenvalue weighted by molar-refractivity contribution is 0.536. The van der Waals surface area contributed by atoms with Crippen LogP contribution in [0.3, 0.4) is 0 Å². The molecule has 0 amide bonds. The highest BCUT2D eigenvalue weighted by atomic mass is 15.5. The van der Waals surface area contributed by atoms with Gasteiger partial charge in [-0.2, -0.15) is 5.10 Å². The Hall–Kier alpha value is -1.57. The smallest absolute Gasteiger partial charge is 0.0641 e. The maximum atomic E-state index is 4.51. The fourth-order valence-electron chi connectivity index (χ4n) is 2.35. The average Bonchev–Trinajstić information content (AvgIpc) is 2.74. The number of hydrogen-bond donors (Lipinski definition) is 0. The molecular weight excluding hydrogens is 184 g/mol. The Morgan fingerprint density at radius 3 is 2.93 bits per heavy atom. The van der Waals surface area contributed by atoms with Crippen molar-refractivity contribution in [2.24, 2.45) is 11.0 Å². The first-order valence-corrected chi connectivity index (χ1v) is 5.50. The molecule has 0 unspecified atom stereocenters. The first-order chi connectivity index (χ1) is 7.45. The summed E-state index contributed by atoms with van der Waals surface area (Å²) in [5.74, 6) is 0.513. The van der Waals surface area contributed by atoms with E-state index in [-0.39, 0.29) is 0 Å². The van der Waals surface area contributed by atoms with E-state index in [2.05, 4.69) is 52.7 Å². The second kappa shape index (κ2) is 3.54. The van der Waals surface area contributed by atoms with E-state index < -0.39 is 0 Å². The number of allylic oxidation sites excluding steroid dienone is 1. The Labute approximate surface area is 89.9 Å². The molecule has 1 aromatic rings. The number of hydrogen-bond acceptors (Lipinski definition) is 2. The number of hydrazone groups is 1. The second-order valence-electron chi connectivity index (χ2n) is 4.09. The number of rotatable bonds is 1. The van der Waals surface area contributed by atoms with Crippen LogP contribution in [0, 0.1) is 5.92 Å². The van der Waals surface area contributed by atoms with Crippen molar-refractivity contribution >= 4 is 11.9 Å². The zero-order valence-corrected chi connectivity index (χ0v) is 8.58. The maximum Gasteiger partial charge on any atom is 0.0641 e. The number of para-hydroxylation sites is 1. The molecule has 3 rings (SSSR count). The first kappa shape index (κ1) is 8.72. The molecule has 15 heavy (non-hydrogen) atoms. The number of fused-ring (bicyclic) bond motifs is 1. The minimum atomic E-state index is 0.513. The van der Waals surface area contributed by atoms with Crippen molar-refractivity contribution in [3.8, 4) is 0 Å². The van der Waals surface area contributed by atoms with E-state index in [0.29, 0.717) is 12.0 Å². The standard InChI is InChI=1S/C13H14N2/c1-2-7-12(8-3-1)15-13-9-5-4-6-11(13)10-14-15/h1-4,6-8,10-11,13H,5,9H2/t11-,13-/m0/s1. The van der Waals surface area contributed by atoms with E-state index in [1.807, 2.05) is 6.07 Å². The van der Waals surface area contributed by atoms with Crippen LogP contribution in [0.5, 0.6) is 0 Å². The fourth-order valence-corrected chi connectivity index (χ4v) is 2.35. The van der Waals surface area contributed by atoms with Gasteiger partial charge in [0.1, 0.15) is 0 Å². The lowest BCUT2D eigenvalue weighted by Crippen LogP contribution is -2.32. The van der Waals surface area contributed by atoms with Gasteiger partial charge in [-0.1, -0.05) is 30.4 Å². The molecule has 76 valence electrons.